The van der Waals surface area contributed by atoms with Gasteiger partial charge in [0.25, 0.3) is 5.91 Å². The van der Waals surface area contributed by atoms with Crippen LogP contribution in [-0.4, -0.2) is 14.3 Å². The lowest BCUT2D eigenvalue weighted by Crippen LogP contribution is -2.29. The zero-order valence-electron chi connectivity index (χ0n) is 18.4. The Kier molecular flexibility index (Phi) is 7.12. The topological polar surface area (TPSA) is 75.3 Å². The number of aryl methyl sites for hydroxylation is 1. The molecule has 0 atom stereocenters. The van der Waals surface area contributed by atoms with E-state index in [9.17, 15) is 13.2 Å². The van der Waals surface area contributed by atoms with E-state index >= 15 is 0 Å². The molecule has 4 aromatic carbocycles. The first-order chi connectivity index (χ1) is 16.3. The molecule has 0 bridgehead atoms. The molecular weight excluding hydrogens is 468 g/mol. The minimum atomic E-state index is -3.86. The van der Waals surface area contributed by atoms with E-state index in [0.29, 0.717) is 21.8 Å². The Balaban J connectivity index is 1.58. The molecule has 0 aromatic heterocycles. The third-order valence-corrected chi connectivity index (χ3v) is 7.07. The molecule has 5 nitrogen and oxygen atoms in total. The largest absolute Gasteiger partial charge is 0.322 e. The van der Waals surface area contributed by atoms with Crippen LogP contribution in [0.3, 0.4) is 0 Å². The third-order valence-electron chi connectivity index (χ3n) is 5.40. The molecule has 0 heterocycles. The van der Waals surface area contributed by atoms with Crippen molar-refractivity contribution < 1.29 is 13.2 Å². The van der Waals surface area contributed by atoms with Crippen LogP contribution in [-0.2, 0) is 10.0 Å². The Labute approximate surface area is 204 Å². The summed E-state index contributed by atoms with van der Waals surface area (Å²) in [6, 6.07) is 29.5. The van der Waals surface area contributed by atoms with Crippen molar-refractivity contribution in [2.24, 2.45) is 0 Å². The van der Waals surface area contributed by atoms with Crippen molar-refractivity contribution in [2.75, 3.05) is 5.32 Å². The number of carbonyl (C=O) groups excluding carboxylic acids is 1. The SMILES string of the molecule is Cc1cc(S(=O)(=O)NC(c2ccccc2)c2ccccc2)ccc1NC(=O)c1ccc(Cl)cc1. The zero-order valence-corrected chi connectivity index (χ0v) is 20.0. The Morgan fingerprint density at radius 1 is 0.794 bits per heavy atom. The maximum atomic E-state index is 13.3. The van der Waals surface area contributed by atoms with E-state index in [-0.39, 0.29) is 10.8 Å². The first kappa shape index (κ1) is 23.7. The van der Waals surface area contributed by atoms with Gasteiger partial charge in [-0.2, -0.15) is 4.72 Å². The minimum Gasteiger partial charge on any atom is -0.322 e. The molecule has 0 saturated carbocycles. The van der Waals surface area contributed by atoms with E-state index < -0.39 is 16.1 Å². The van der Waals surface area contributed by atoms with Crippen molar-refractivity contribution in [3.63, 3.8) is 0 Å². The van der Waals surface area contributed by atoms with Gasteiger partial charge in [0, 0.05) is 16.3 Å². The highest BCUT2D eigenvalue weighted by atomic mass is 35.5. The molecule has 0 aliphatic heterocycles. The number of rotatable bonds is 7. The second-order valence-corrected chi connectivity index (χ2v) is 9.96. The van der Waals surface area contributed by atoms with Gasteiger partial charge >= 0.3 is 0 Å². The number of hydrogen-bond donors (Lipinski definition) is 2. The number of hydrogen-bond acceptors (Lipinski definition) is 3. The molecule has 4 aromatic rings. The molecule has 0 aliphatic carbocycles. The van der Waals surface area contributed by atoms with Crippen molar-refractivity contribution in [1.82, 2.24) is 4.72 Å². The quantitative estimate of drug-likeness (QED) is 0.335. The lowest BCUT2D eigenvalue weighted by molar-refractivity contribution is 0.102. The summed E-state index contributed by atoms with van der Waals surface area (Å²) in [7, 11) is -3.86. The van der Waals surface area contributed by atoms with E-state index in [2.05, 4.69) is 10.0 Å². The van der Waals surface area contributed by atoms with Gasteiger partial charge in [0.05, 0.1) is 10.9 Å². The van der Waals surface area contributed by atoms with Gasteiger partial charge in [0.15, 0.2) is 0 Å². The van der Waals surface area contributed by atoms with E-state index in [1.807, 2.05) is 60.7 Å². The van der Waals surface area contributed by atoms with Gasteiger partial charge < -0.3 is 5.32 Å². The van der Waals surface area contributed by atoms with Gasteiger partial charge in [-0.3, -0.25) is 4.79 Å². The summed E-state index contributed by atoms with van der Waals surface area (Å²) >= 11 is 5.88. The standard InChI is InChI=1S/C27H23ClN2O3S/c1-19-18-24(16-17-25(19)29-27(31)22-12-14-23(28)15-13-22)34(32,33)30-26(20-8-4-2-5-9-20)21-10-6-3-7-11-21/h2-18,26,30H,1H3,(H,29,31). The van der Waals surface area contributed by atoms with Crippen LogP contribution in [0.15, 0.2) is 108 Å². The number of sulfonamides is 1. The highest BCUT2D eigenvalue weighted by molar-refractivity contribution is 7.89. The molecule has 0 saturated heterocycles. The van der Waals surface area contributed by atoms with Gasteiger partial charge in [-0.25, -0.2) is 8.42 Å². The summed E-state index contributed by atoms with van der Waals surface area (Å²) in [5, 5.41) is 3.36. The normalized spacial score (nSPS) is 11.4. The van der Waals surface area contributed by atoms with E-state index in [1.54, 1.807) is 43.3 Å². The molecule has 0 fully saturated rings. The summed E-state index contributed by atoms with van der Waals surface area (Å²) < 4.78 is 29.5. The molecule has 34 heavy (non-hydrogen) atoms. The first-order valence-corrected chi connectivity index (χ1v) is 12.5. The molecule has 1 amide bonds. The fourth-order valence-corrected chi connectivity index (χ4v) is 5.01. The number of halogens is 1. The lowest BCUT2D eigenvalue weighted by Gasteiger charge is -2.20. The van der Waals surface area contributed by atoms with Crippen molar-refractivity contribution in [3.8, 4) is 0 Å². The molecule has 2 N–H and O–H groups in total. The summed E-state index contributed by atoms with van der Waals surface area (Å²) in [6.07, 6.45) is 0. The molecule has 0 unspecified atom stereocenters. The van der Waals surface area contributed by atoms with Gasteiger partial charge in [-0.1, -0.05) is 72.3 Å². The average Bonchev–Trinajstić information content (AvgIpc) is 2.85. The van der Waals surface area contributed by atoms with E-state index in [4.69, 9.17) is 11.6 Å². The Bertz CT molecular complexity index is 1350. The van der Waals surface area contributed by atoms with Crippen LogP contribution < -0.4 is 10.0 Å². The Hall–Kier alpha value is -3.45. The van der Waals surface area contributed by atoms with Crippen LogP contribution >= 0.6 is 11.6 Å². The monoisotopic (exact) mass is 490 g/mol. The summed E-state index contributed by atoms with van der Waals surface area (Å²) in [4.78, 5) is 12.7. The number of benzene rings is 4. The highest BCUT2D eigenvalue weighted by Crippen LogP contribution is 2.26. The molecule has 0 aliphatic rings. The highest BCUT2D eigenvalue weighted by Gasteiger charge is 2.23. The maximum absolute atomic E-state index is 13.3. The minimum absolute atomic E-state index is 0.117. The Morgan fingerprint density at radius 3 is 1.88 bits per heavy atom. The molecule has 0 radical (unpaired) electrons. The predicted molar refractivity (Wildman–Crippen MR) is 136 cm³/mol. The van der Waals surface area contributed by atoms with Crippen LogP contribution in [0.5, 0.6) is 0 Å². The van der Waals surface area contributed by atoms with Gasteiger partial charge in [0.2, 0.25) is 10.0 Å². The van der Waals surface area contributed by atoms with Crippen molar-refractivity contribution in [2.45, 2.75) is 17.9 Å². The molecule has 0 spiro atoms. The van der Waals surface area contributed by atoms with Crippen LogP contribution in [0, 0.1) is 6.92 Å². The smallest absolute Gasteiger partial charge is 0.255 e. The fraction of sp³-hybridized carbons (Fsp3) is 0.0741. The summed E-state index contributed by atoms with van der Waals surface area (Å²) in [5.74, 6) is -0.304. The molecule has 7 heteroatoms. The number of carbonyl (C=O) groups is 1. The first-order valence-electron chi connectivity index (χ1n) is 10.6. The van der Waals surface area contributed by atoms with Crippen LogP contribution in [0.25, 0.3) is 0 Å². The fourth-order valence-electron chi connectivity index (χ4n) is 3.58. The molecule has 172 valence electrons. The molecular formula is C27H23ClN2O3S. The maximum Gasteiger partial charge on any atom is 0.255 e. The molecule has 4 rings (SSSR count). The van der Waals surface area contributed by atoms with Crippen molar-refractivity contribution in [3.05, 3.63) is 130 Å². The van der Waals surface area contributed by atoms with Crippen LogP contribution in [0.2, 0.25) is 5.02 Å². The Morgan fingerprint density at radius 2 is 1.35 bits per heavy atom. The number of anilines is 1. The zero-order chi connectivity index (χ0) is 24.1. The van der Waals surface area contributed by atoms with Gasteiger partial charge in [-0.15, -0.1) is 0 Å². The third kappa shape index (κ3) is 5.54. The van der Waals surface area contributed by atoms with Crippen molar-refractivity contribution >= 4 is 33.2 Å². The predicted octanol–water partition coefficient (Wildman–Crippen LogP) is 5.97. The summed E-state index contributed by atoms with van der Waals surface area (Å²) in [5.41, 5.74) is 3.28. The number of nitrogens with one attached hydrogen (secondary N) is 2. The van der Waals surface area contributed by atoms with E-state index in [1.165, 1.54) is 6.07 Å². The van der Waals surface area contributed by atoms with Gasteiger partial charge in [0.1, 0.15) is 0 Å². The summed E-state index contributed by atoms with van der Waals surface area (Å²) in [6.45, 7) is 1.75. The van der Waals surface area contributed by atoms with Crippen molar-refractivity contribution in [1.29, 1.82) is 0 Å². The van der Waals surface area contributed by atoms with Crippen LogP contribution in [0.4, 0.5) is 5.69 Å². The number of amides is 1. The van der Waals surface area contributed by atoms with E-state index in [0.717, 1.165) is 11.1 Å². The lowest BCUT2D eigenvalue weighted by atomic mass is 10.00. The second-order valence-electron chi connectivity index (χ2n) is 7.81. The average molecular weight is 491 g/mol. The second kappa shape index (κ2) is 10.2. The van der Waals surface area contributed by atoms with Gasteiger partial charge in [-0.05, 0) is 66.1 Å². The van der Waals surface area contributed by atoms with Crippen LogP contribution in [0.1, 0.15) is 33.1 Å².